The van der Waals surface area contributed by atoms with Crippen LogP contribution in [0.1, 0.15) is 53.4 Å². The van der Waals surface area contributed by atoms with Gasteiger partial charge in [0.05, 0.1) is 0 Å². The van der Waals surface area contributed by atoms with Crippen LogP contribution >= 0.6 is 0 Å². The van der Waals surface area contributed by atoms with Gasteiger partial charge >= 0.3 is 0 Å². The Morgan fingerprint density at radius 3 is 1.86 bits per heavy atom. The molecule has 0 bridgehead atoms. The molecule has 0 heterocycles. The first-order valence-corrected chi connectivity index (χ1v) is 6.24. The standard InChI is InChI=1S/C13H25N/c1-9-5-7-11(9)14-12-8-6-10(12)13(2,3)4/h9-12,14H,5-8H2,1-4H3. The van der Waals surface area contributed by atoms with Crippen molar-refractivity contribution in [3.05, 3.63) is 0 Å². The zero-order valence-corrected chi connectivity index (χ0v) is 10.1. The molecule has 2 saturated carbocycles. The largest absolute Gasteiger partial charge is 0.311 e. The van der Waals surface area contributed by atoms with Gasteiger partial charge in [-0.25, -0.2) is 0 Å². The monoisotopic (exact) mass is 195 g/mol. The summed E-state index contributed by atoms with van der Waals surface area (Å²) in [6, 6.07) is 1.66. The lowest BCUT2D eigenvalue weighted by atomic mass is 9.64. The minimum Gasteiger partial charge on any atom is -0.311 e. The minimum atomic E-state index is 0.503. The molecule has 82 valence electrons. The van der Waals surface area contributed by atoms with Crippen LogP contribution in [-0.2, 0) is 0 Å². The summed E-state index contributed by atoms with van der Waals surface area (Å²) in [6.07, 6.45) is 5.69. The van der Waals surface area contributed by atoms with E-state index in [-0.39, 0.29) is 0 Å². The third-order valence-corrected chi connectivity index (χ3v) is 4.43. The predicted octanol–water partition coefficient (Wildman–Crippen LogP) is 3.20. The predicted molar refractivity (Wildman–Crippen MR) is 61.3 cm³/mol. The van der Waals surface area contributed by atoms with Gasteiger partial charge in [0.1, 0.15) is 0 Å². The first-order chi connectivity index (χ1) is 6.48. The normalized spacial score (nSPS) is 42.9. The van der Waals surface area contributed by atoms with Crippen molar-refractivity contribution in [2.75, 3.05) is 0 Å². The molecular formula is C13H25N. The molecule has 14 heavy (non-hydrogen) atoms. The van der Waals surface area contributed by atoms with Gasteiger partial charge in [0, 0.05) is 12.1 Å². The SMILES string of the molecule is CC1CCC1NC1CCC1C(C)(C)C. The summed E-state index contributed by atoms with van der Waals surface area (Å²) in [4.78, 5) is 0. The molecule has 0 aliphatic heterocycles. The van der Waals surface area contributed by atoms with Crippen LogP contribution in [0.5, 0.6) is 0 Å². The number of nitrogens with one attached hydrogen (secondary N) is 1. The van der Waals surface area contributed by atoms with E-state index in [0.717, 1.165) is 23.9 Å². The van der Waals surface area contributed by atoms with Crippen molar-refractivity contribution in [2.45, 2.75) is 65.5 Å². The summed E-state index contributed by atoms with van der Waals surface area (Å²) in [6.45, 7) is 9.53. The van der Waals surface area contributed by atoms with Crippen molar-refractivity contribution in [1.29, 1.82) is 0 Å². The molecule has 0 amide bonds. The fourth-order valence-corrected chi connectivity index (χ4v) is 2.93. The maximum absolute atomic E-state index is 3.86. The van der Waals surface area contributed by atoms with Crippen LogP contribution in [-0.4, -0.2) is 12.1 Å². The highest BCUT2D eigenvalue weighted by Crippen LogP contribution is 2.42. The smallest absolute Gasteiger partial charge is 0.0103 e. The highest BCUT2D eigenvalue weighted by atomic mass is 15.0. The molecule has 2 fully saturated rings. The third kappa shape index (κ3) is 1.84. The first-order valence-electron chi connectivity index (χ1n) is 6.24. The number of hydrogen-bond donors (Lipinski definition) is 1. The second-order valence-corrected chi connectivity index (χ2v) is 6.48. The minimum absolute atomic E-state index is 0.503. The van der Waals surface area contributed by atoms with Gasteiger partial charge in [0.2, 0.25) is 0 Å². The summed E-state index contributed by atoms with van der Waals surface area (Å²) in [5.41, 5.74) is 0.503. The Kier molecular flexibility index (Phi) is 2.63. The Labute approximate surface area is 88.7 Å². The maximum atomic E-state index is 3.86. The highest BCUT2D eigenvalue weighted by Gasteiger charge is 2.41. The van der Waals surface area contributed by atoms with E-state index in [4.69, 9.17) is 0 Å². The molecular weight excluding hydrogens is 170 g/mol. The van der Waals surface area contributed by atoms with Gasteiger partial charge in [-0.15, -0.1) is 0 Å². The van der Waals surface area contributed by atoms with Crippen molar-refractivity contribution in [3.8, 4) is 0 Å². The van der Waals surface area contributed by atoms with Crippen LogP contribution in [0.2, 0.25) is 0 Å². The van der Waals surface area contributed by atoms with E-state index in [9.17, 15) is 0 Å². The molecule has 0 aromatic heterocycles. The Morgan fingerprint density at radius 2 is 1.57 bits per heavy atom. The Balaban J connectivity index is 1.82. The van der Waals surface area contributed by atoms with Gasteiger partial charge < -0.3 is 5.32 Å². The van der Waals surface area contributed by atoms with E-state index < -0.39 is 0 Å². The van der Waals surface area contributed by atoms with E-state index in [1.54, 1.807) is 0 Å². The van der Waals surface area contributed by atoms with Crippen LogP contribution < -0.4 is 5.32 Å². The van der Waals surface area contributed by atoms with Gasteiger partial charge in [0.25, 0.3) is 0 Å². The lowest BCUT2D eigenvalue weighted by Crippen LogP contribution is -2.56. The average Bonchev–Trinajstić information content (AvgIpc) is 1.97. The average molecular weight is 195 g/mol. The van der Waals surface area contributed by atoms with E-state index in [0.29, 0.717) is 5.41 Å². The molecule has 4 atom stereocenters. The third-order valence-electron chi connectivity index (χ3n) is 4.43. The summed E-state index contributed by atoms with van der Waals surface area (Å²) >= 11 is 0. The number of hydrogen-bond acceptors (Lipinski definition) is 1. The van der Waals surface area contributed by atoms with Crippen LogP contribution in [0.3, 0.4) is 0 Å². The fraction of sp³-hybridized carbons (Fsp3) is 1.00. The van der Waals surface area contributed by atoms with Crippen molar-refractivity contribution in [2.24, 2.45) is 17.3 Å². The molecule has 1 N–H and O–H groups in total. The van der Waals surface area contributed by atoms with Crippen molar-refractivity contribution in [1.82, 2.24) is 5.32 Å². The molecule has 1 heteroatoms. The Bertz CT molecular complexity index is 204. The van der Waals surface area contributed by atoms with E-state index in [1.165, 1.54) is 25.7 Å². The van der Waals surface area contributed by atoms with Gasteiger partial charge in [0.15, 0.2) is 0 Å². The Hall–Kier alpha value is -0.0400. The fourth-order valence-electron chi connectivity index (χ4n) is 2.93. The van der Waals surface area contributed by atoms with Crippen LogP contribution in [0.4, 0.5) is 0 Å². The number of rotatable bonds is 2. The summed E-state index contributed by atoms with van der Waals surface area (Å²) in [5, 5.41) is 3.86. The second-order valence-electron chi connectivity index (χ2n) is 6.48. The topological polar surface area (TPSA) is 12.0 Å². The Morgan fingerprint density at radius 1 is 0.929 bits per heavy atom. The van der Waals surface area contributed by atoms with Crippen molar-refractivity contribution >= 4 is 0 Å². The first kappa shape index (κ1) is 10.5. The lowest BCUT2D eigenvalue weighted by Gasteiger charge is -2.49. The summed E-state index contributed by atoms with van der Waals surface area (Å²) in [5.74, 6) is 1.84. The second kappa shape index (κ2) is 3.52. The van der Waals surface area contributed by atoms with Crippen molar-refractivity contribution < 1.29 is 0 Å². The van der Waals surface area contributed by atoms with Gasteiger partial charge in [-0.2, -0.15) is 0 Å². The quantitative estimate of drug-likeness (QED) is 0.713. The molecule has 2 aliphatic carbocycles. The highest BCUT2D eigenvalue weighted by molar-refractivity contribution is 4.97. The molecule has 1 nitrogen and oxygen atoms in total. The van der Waals surface area contributed by atoms with Gasteiger partial charge in [-0.05, 0) is 42.9 Å². The van der Waals surface area contributed by atoms with Gasteiger partial charge in [-0.3, -0.25) is 0 Å². The van der Waals surface area contributed by atoms with E-state index in [2.05, 4.69) is 33.0 Å². The van der Waals surface area contributed by atoms with Crippen LogP contribution in [0, 0.1) is 17.3 Å². The van der Waals surface area contributed by atoms with E-state index >= 15 is 0 Å². The molecule has 0 aromatic carbocycles. The van der Waals surface area contributed by atoms with Crippen LogP contribution in [0.25, 0.3) is 0 Å². The van der Waals surface area contributed by atoms with E-state index in [1.807, 2.05) is 0 Å². The maximum Gasteiger partial charge on any atom is 0.0103 e. The molecule has 2 rings (SSSR count). The summed E-state index contributed by atoms with van der Waals surface area (Å²) < 4.78 is 0. The molecule has 2 aliphatic rings. The van der Waals surface area contributed by atoms with Gasteiger partial charge in [-0.1, -0.05) is 27.7 Å². The zero-order chi connectivity index (χ0) is 10.3. The lowest BCUT2D eigenvalue weighted by molar-refractivity contribution is 0.0565. The molecule has 0 spiro atoms. The van der Waals surface area contributed by atoms with Crippen molar-refractivity contribution in [3.63, 3.8) is 0 Å². The zero-order valence-electron chi connectivity index (χ0n) is 10.1. The molecule has 0 aromatic rings. The molecule has 4 unspecified atom stereocenters. The molecule has 0 saturated heterocycles. The van der Waals surface area contributed by atoms with Crippen LogP contribution in [0.15, 0.2) is 0 Å². The molecule has 0 radical (unpaired) electrons. The summed E-state index contributed by atoms with van der Waals surface area (Å²) in [7, 11) is 0.